The molecule has 4 aromatic rings. The van der Waals surface area contributed by atoms with Gasteiger partial charge < -0.3 is 13.9 Å². The molecule has 3 heterocycles. The second-order valence-corrected chi connectivity index (χ2v) is 9.16. The van der Waals surface area contributed by atoms with Gasteiger partial charge in [-0.25, -0.2) is 9.59 Å². The molecule has 0 saturated carbocycles. The van der Waals surface area contributed by atoms with Crippen molar-refractivity contribution in [2.45, 2.75) is 26.2 Å². The van der Waals surface area contributed by atoms with Crippen molar-refractivity contribution in [1.82, 2.24) is 4.40 Å². The van der Waals surface area contributed by atoms with Crippen LogP contribution in [0.5, 0.6) is 0 Å². The fraction of sp³-hybridized carbons (Fsp3) is 0.207. The van der Waals surface area contributed by atoms with E-state index in [9.17, 15) is 14.4 Å². The Hall–Kier alpha value is -4.19. The minimum atomic E-state index is -0.628. The van der Waals surface area contributed by atoms with Crippen LogP contribution in [0.25, 0.3) is 27.4 Å². The lowest BCUT2D eigenvalue weighted by Crippen LogP contribution is -2.21. The molecule has 6 heteroatoms. The van der Waals surface area contributed by atoms with Gasteiger partial charge in [0.25, 0.3) is 0 Å². The van der Waals surface area contributed by atoms with E-state index in [1.54, 1.807) is 0 Å². The summed E-state index contributed by atoms with van der Waals surface area (Å²) in [5.41, 5.74) is 5.00. The average molecular weight is 466 g/mol. The van der Waals surface area contributed by atoms with E-state index >= 15 is 0 Å². The third-order valence-corrected chi connectivity index (χ3v) is 6.99. The summed E-state index contributed by atoms with van der Waals surface area (Å²) in [7, 11) is 0. The predicted octanol–water partition coefficient (Wildman–Crippen LogP) is 4.75. The van der Waals surface area contributed by atoms with Crippen LogP contribution in [0.2, 0.25) is 0 Å². The number of cyclic esters (lactones) is 2. The Morgan fingerprint density at radius 3 is 2.60 bits per heavy atom. The minimum absolute atomic E-state index is 0.139. The summed E-state index contributed by atoms with van der Waals surface area (Å²) in [5, 5.41) is 2.03. The maximum atomic E-state index is 13.2. The number of carbonyl (C=O) groups is 3. The number of aromatic nitrogens is 1. The molecule has 2 aromatic heterocycles. The van der Waals surface area contributed by atoms with E-state index < -0.39 is 11.9 Å². The molecular weight excluding hydrogens is 442 g/mol. The first-order valence-electron chi connectivity index (χ1n) is 11.8. The summed E-state index contributed by atoms with van der Waals surface area (Å²) in [4.78, 5) is 37.6. The van der Waals surface area contributed by atoms with Crippen LogP contribution in [0.4, 0.5) is 0 Å². The number of ether oxygens (including phenoxy) is 2. The summed E-state index contributed by atoms with van der Waals surface area (Å²) in [6, 6.07) is 19.5. The molecule has 6 rings (SSSR count). The van der Waals surface area contributed by atoms with Crippen LogP contribution in [0, 0.1) is 5.92 Å². The highest BCUT2D eigenvalue weighted by molar-refractivity contribution is 6.45. The molecule has 2 aromatic carbocycles. The van der Waals surface area contributed by atoms with E-state index in [-0.39, 0.29) is 11.9 Å². The van der Waals surface area contributed by atoms with Crippen molar-refractivity contribution in [1.29, 1.82) is 0 Å². The average Bonchev–Trinajstić information content (AvgIpc) is 3.34. The topological polar surface area (TPSA) is 74.1 Å². The highest BCUT2D eigenvalue weighted by Gasteiger charge is 2.39. The standard InChI is InChI=1S/C29H23NO5/c1-17(31)34-16-18-9-12-23-22(14-18)26(24-8-4-5-13-30(23)24)27-25(28(32)35-29(27)33)21-11-10-19-6-2-3-7-20(19)15-21/h2-8,10-11,13,15,18H,9,12,14,16H2,1H3. The van der Waals surface area contributed by atoms with Gasteiger partial charge in [0.2, 0.25) is 0 Å². The lowest BCUT2D eigenvalue weighted by Gasteiger charge is -2.23. The number of rotatable bonds is 4. The van der Waals surface area contributed by atoms with Gasteiger partial charge in [0.1, 0.15) is 0 Å². The summed E-state index contributed by atoms with van der Waals surface area (Å²) in [5.74, 6) is -1.42. The monoisotopic (exact) mass is 465 g/mol. The quantitative estimate of drug-likeness (QED) is 0.321. The van der Waals surface area contributed by atoms with Gasteiger partial charge in [0, 0.05) is 24.4 Å². The van der Waals surface area contributed by atoms with E-state index in [0.29, 0.717) is 29.7 Å². The lowest BCUT2D eigenvalue weighted by molar-refractivity contribution is -0.149. The Kier molecular flexibility index (Phi) is 5.02. The molecule has 1 aliphatic heterocycles. The third-order valence-electron chi connectivity index (χ3n) is 6.99. The number of hydrogen-bond acceptors (Lipinski definition) is 5. The number of hydrogen-bond donors (Lipinski definition) is 0. The fourth-order valence-corrected chi connectivity index (χ4v) is 5.43. The van der Waals surface area contributed by atoms with E-state index in [1.807, 2.05) is 66.9 Å². The van der Waals surface area contributed by atoms with Crippen molar-refractivity contribution >= 4 is 45.3 Å². The zero-order chi connectivity index (χ0) is 24.1. The predicted molar refractivity (Wildman–Crippen MR) is 131 cm³/mol. The molecular formula is C29H23NO5. The molecule has 0 fully saturated rings. The van der Waals surface area contributed by atoms with Crippen molar-refractivity contribution in [3.63, 3.8) is 0 Å². The summed E-state index contributed by atoms with van der Waals surface area (Å²) >= 11 is 0. The van der Waals surface area contributed by atoms with E-state index in [2.05, 4.69) is 4.40 Å². The maximum Gasteiger partial charge on any atom is 0.347 e. The zero-order valence-corrected chi connectivity index (χ0v) is 19.2. The number of nitrogens with zero attached hydrogens (tertiary/aromatic N) is 1. The van der Waals surface area contributed by atoms with Crippen molar-refractivity contribution < 1.29 is 23.9 Å². The highest BCUT2D eigenvalue weighted by Crippen LogP contribution is 2.42. The molecule has 0 saturated heterocycles. The molecule has 0 N–H and O–H groups in total. The van der Waals surface area contributed by atoms with Crippen molar-refractivity contribution in [2.24, 2.45) is 5.92 Å². The maximum absolute atomic E-state index is 13.2. The Morgan fingerprint density at radius 1 is 1.00 bits per heavy atom. The first-order chi connectivity index (χ1) is 17.0. The number of aryl methyl sites for hydroxylation is 1. The van der Waals surface area contributed by atoms with Crippen LogP contribution in [-0.2, 0) is 36.7 Å². The van der Waals surface area contributed by atoms with E-state index in [4.69, 9.17) is 9.47 Å². The van der Waals surface area contributed by atoms with Crippen LogP contribution in [-0.4, -0.2) is 28.9 Å². The number of pyridine rings is 1. The molecule has 0 bridgehead atoms. The molecule has 1 atom stereocenters. The van der Waals surface area contributed by atoms with Crippen molar-refractivity contribution in [2.75, 3.05) is 6.61 Å². The summed E-state index contributed by atoms with van der Waals surface area (Å²) < 4.78 is 12.6. The van der Waals surface area contributed by atoms with Gasteiger partial charge in [0.05, 0.1) is 23.3 Å². The van der Waals surface area contributed by atoms with Crippen LogP contribution < -0.4 is 0 Å². The van der Waals surface area contributed by atoms with Gasteiger partial charge in [-0.2, -0.15) is 0 Å². The van der Waals surface area contributed by atoms with Gasteiger partial charge >= 0.3 is 17.9 Å². The van der Waals surface area contributed by atoms with Crippen LogP contribution in [0.3, 0.4) is 0 Å². The Morgan fingerprint density at radius 2 is 1.77 bits per heavy atom. The Balaban J connectivity index is 1.57. The molecule has 0 spiro atoms. The SMILES string of the molecule is CC(=O)OCC1CCc2c(c(C3=C(c4ccc5ccccc5c4)C(=O)OC3=O)c3ccccn23)C1. The largest absolute Gasteiger partial charge is 0.466 e. The zero-order valence-electron chi connectivity index (χ0n) is 19.2. The van der Waals surface area contributed by atoms with Gasteiger partial charge in [-0.1, -0.05) is 42.5 Å². The number of carbonyl (C=O) groups excluding carboxylic acids is 3. The smallest absolute Gasteiger partial charge is 0.347 e. The van der Waals surface area contributed by atoms with Gasteiger partial charge in [0.15, 0.2) is 0 Å². The first kappa shape index (κ1) is 21.4. The summed E-state index contributed by atoms with van der Waals surface area (Å²) in [6.07, 6.45) is 4.30. The minimum Gasteiger partial charge on any atom is -0.466 e. The third kappa shape index (κ3) is 3.53. The first-order valence-corrected chi connectivity index (χ1v) is 11.8. The molecule has 174 valence electrons. The number of fused-ring (bicyclic) bond motifs is 4. The van der Waals surface area contributed by atoms with E-state index in [1.165, 1.54) is 6.92 Å². The van der Waals surface area contributed by atoms with Crippen molar-refractivity contribution in [3.05, 3.63) is 89.2 Å². The van der Waals surface area contributed by atoms with Crippen molar-refractivity contribution in [3.8, 4) is 0 Å². The molecule has 1 unspecified atom stereocenters. The number of benzene rings is 2. The molecule has 6 nitrogen and oxygen atoms in total. The Bertz CT molecular complexity index is 1570. The fourth-order valence-electron chi connectivity index (χ4n) is 5.43. The van der Waals surface area contributed by atoms with Crippen LogP contribution >= 0.6 is 0 Å². The Labute approximate surface area is 201 Å². The molecule has 2 aliphatic rings. The van der Waals surface area contributed by atoms with E-state index in [0.717, 1.165) is 46.0 Å². The summed E-state index contributed by atoms with van der Waals surface area (Å²) in [6.45, 7) is 1.74. The van der Waals surface area contributed by atoms with Gasteiger partial charge in [-0.15, -0.1) is 0 Å². The lowest BCUT2D eigenvalue weighted by atomic mass is 9.83. The van der Waals surface area contributed by atoms with Gasteiger partial charge in [-0.3, -0.25) is 4.79 Å². The second-order valence-electron chi connectivity index (χ2n) is 9.16. The highest BCUT2D eigenvalue weighted by atomic mass is 16.6. The molecule has 0 amide bonds. The van der Waals surface area contributed by atoms with Crippen LogP contribution in [0.15, 0.2) is 66.9 Å². The molecule has 1 aliphatic carbocycles. The molecule has 0 radical (unpaired) electrons. The van der Waals surface area contributed by atoms with Gasteiger partial charge in [-0.05, 0) is 65.3 Å². The molecule has 35 heavy (non-hydrogen) atoms. The second kappa shape index (κ2) is 8.24. The number of esters is 3. The normalized spacial score (nSPS) is 17.7. The van der Waals surface area contributed by atoms with Crippen LogP contribution in [0.1, 0.15) is 35.7 Å².